The molecule has 0 spiro atoms. The summed E-state index contributed by atoms with van der Waals surface area (Å²) in [6.07, 6.45) is -0.702. The number of aliphatic hydroxyl groups excluding tert-OH is 1. The van der Waals surface area contributed by atoms with Gasteiger partial charge in [-0.15, -0.1) is 0 Å². The molecule has 1 rings (SSSR count). The third-order valence-electron chi connectivity index (χ3n) is 2.73. The lowest BCUT2D eigenvalue weighted by Gasteiger charge is -2.25. The Morgan fingerprint density at radius 2 is 2.05 bits per heavy atom. The van der Waals surface area contributed by atoms with Gasteiger partial charge < -0.3 is 19.9 Å². The Labute approximate surface area is 119 Å². The van der Waals surface area contributed by atoms with Gasteiger partial charge in [0.05, 0.1) is 5.60 Å². The quantitative estimate of drug-likeness (QED) is 0.728. The van der Waals surface area contributed by atoms with Gasteiger partial charge in [-0.25, -0.2) is 4.39 Å². The monoisotopic (exact) mass is 285 g/mol. The van der Waals surface area contributed by atoms with Crippen LogP contribution in [0.25, 0.3) is 0 Å². The Bertz CT molecular complexity index is 398. The van der Waals surface area contributed by atoms with E-state index in [4.69, 9.17) is 9.47 Å². The summed E-state index contributed by atoms with van der Waals surface area (Å²) in [4.78, 5) is 0. The molecule has 0 bridgehead atoms. The first kappa shape index (κ1) is 16.9. The number of hydrogen-bond acceptors (Lipinski definition) is 4. The Morgan fingerprint density at radius 3 is 2.70 bits per heavy atom. The van der Waals surface area contributed by atoms with Crippen molar-refractivity contribution in [2.45, 2.75) is 32.5 Å². The second kappa shape index (κ2) is 8.19. The lowest BCUT2D eigenvalue weighted by molar-refractivity contribution is -0.0112. The lowest BCUT2D eigenvalue weighted by Crippen LogP contribution is -2.41. The van der Waals surface area contributed by atoms with E-state index in [0.29, 0.717) is 19.7 Å². The van der Waals surface area contributed by atoms with Crippen LogP contribution >= 0.6 is 0 Å². The number of rotatable bonds is 9. The fraction of sp³-hybridized carbons (Fsp3) is 0.600. The Kier molecular flexibility index (Phi) is 6.91. The number of hydrogen-bond donors (Lipinski definition) is 2. The van der Waals surface area contributed by atoms with Crippen LogP contribution in [-0.2, 0) is 4.74 Å². The van der Waals surface area contributed by atoms with Crippen LogP contribution in [0.15, 0.2) is 24.3 Å². The van der Waals surface area contributed by atoms with Gasteiger partial charge in [-0.1, -0.05) is 12.1 Å². The number of benzene rings is 1. The fourth-order valence-corrected chi connectivity index (χ4v) is 1.79. The normalized spacial score (nSPS) is 13.2. The van der Waals surface area contributed by atoms with Crippen LogP contribution in [0.4, 0.5) is 4.39 Å². The largest absolute Gasteiger partial charge is 0.488 e. The van der Waals surface area contributed by atoms with E-state index >= 15 is 0 Å². The average Bonchev–Trinajstić information content (AvgIpc) is 2.37. The Hall–Kier alpha value is -1.17. The molecule has 0 saturated heterocycles. The molecule has 0 aliphatic rings. The molecule has 0 aliphatic heterocycles. The van der Waals surface area contributed by atoms with Gasteiger partial charge in [-0.2, -0.15) is 0 Å². The zero-order valence-corrected chi connectivity index (χ0v) is 12.4. The summed E-state index contributed by atoms with van der Waals surface area (Å²) in [6, 6.07) is 6.14. The molecule has 0 aromatic heterocycles. The first-order valence-corrected chi connectivity index (χ1v) is 6.84. The van der Waals surface area contributed by atoms with Gasteiger partial charge in [0.1, 0.15) is 12.7 Å². The van der Waals surface area contributed by atoms with Gasteiger partial charge in [0.2, 0.25) is 0 Å². The van der Waals surface area contributed by atoms with Gasteiger partial charge in [0, 0.05) is 19.7 Å². The van der Waals surface area contributed by atoms with Crippen molar-refractivity contribution in [3.05, 3.63) is 30.1 Å². The van der Waals surface area contributed by atoms with Crippen molar-refractivity contribution in [1.82, 2.24) is 5.32 Å². The highest BCUT2D eigenvalue weighted by Gasteiger charge is 2.17. The second-order valence-corrected chi connectivity index (χ2v) is 5.22. The minimum atomic E-state index is -0.702. The molecule has 20 heavy (non-hydrogen) atoms. The second-order valence-electron chi connectivity index (χ2n) is 5.22. The molecule has 2 N–H and O–H groups in total. The minimum absolute atomic E-state index is 0.0446. The third-order valence-corrected chi connectivity index (χ3v) is 2.73. The van der Waals surface area contributed by atoms with Crippen molar-refractivity contribution in [2.24, 2.45) is 0 Å². The van der Waals surface area contributed by atoms with Crippen LogP contribution in [0.5, 0.6) is 5.75 Å². The van der Waals surface area contributed by atoms with Crippen molar-refractivity contribution < 1.29 is 19.0 Å². The zero-order valence-electron chi connectivity index (χ0n) is 12.4. The van der Waals surface area contributed by atoms with E-state index < -0.39 is 11.9 Å². The summed E-state index contributed by atoms with van der Waals surface area (Å²) < 4.78 is 24.1. The molecule has 5 heteroatoms. The van der Waals surface area contributed by atoms with Gasteiger partial charge in [-0.3, -0.25) is 0 Å². The maximum absolute atomic E-state index is 13.3. The van der Waals surface area contributed by atoms with Gasteiger partial charge >= 0.3 is 0 Å². The topological polar surface area (TPSA) is 50.7 Å². The van der Waals surface area contributed by atoms with Gasteiger partial charge in [0.25, 0.3) is 0 Å². The van der Waals surface area contributed by atoms with Crippen LogP contribution in [0, 0.1) is 5.82 Å². The van der Waals surface area contributed by atoms with Crippen LogP contribution in [0.2, 0.25) is 0 Å². The highest BCUT2D eigenvalue weighted by molar-refractivity contribution is 5.23. The molecule has 0 aliphatic carbocycles. The van der Waals surface area contributed by atoms with Crippen LogP contribution in [-0.4, -0.2) is 43.1 Å². The lowest BCUT2D eigenvalue weighted by atomic mass is 10.1. The van der Waals surface area contributed by atoms with E-state index in [1.165, 1.54) is 12.1 Å². The third kappa shape index (κ3) is 6.32. The molecular formula is C15H24FNO3. The first-order valence-electron chi connectivity index (χ1n) is 6.84. The number of ether oxygens (including phenoxy) is 2. The molecule has 4 nitrogen and oxygen atoms in total. The van der Waals surface area contributed by atoms with E-state index in [1.807, 2.05) is 20.8 Å². The summed E-state index contributed by atoms with van der Waals surface area (Å²) in [6.45, 7) is 7.58. The van der Waals surface area contributed by atoms with Crippen molar-refractivity contribution in [3.63, 3.8) is 0 Å². The van der Waals surface area contributed by atoms with E-state index in [0.717, 1.165) is 0 Å². The zero-order chi connectivity index (χ0) is 15.0. The molecule has 0 saturated carbocycles. The molecule has 1 aromatic rings. The molecule has 1 atom stereocenters. The first-order chi connectivity index (χ1) is 9.44. The fourth-order valence-electron chi connectivity index (χ4n) is 1.79. The molecule has 1 aromatic carbocycles. The van der Waals surface area contributed by atoms with Crippen molar-refractivity contribution in [3.8, 4) is 5.75 Å². The van der Waals surface area contributed by atoms with Crippen molar-refractivity contribution in [1.29, 1.82) is 0 Å². The summed E-state index contributed by atoms with van der Waals surface area (Å²) in [5, 5.41) is 12.9. The van der Waals surface area contributed by atoms with Crippen molar-refractivity contribution in [2.75, 3.05) is 26.3 Å². The highest BCUT2D eigenvalue weighted by atomic mass is 19.1. The summed E-state index contributed by atoms with van der Waals surface area (Å²) in [5.41, 5.74) is -0.277. The summed E-state index contributed by atoms with van der Waals surface area (Å²) in [5.74, 6) is -0.272. The van der Waals surface area contributed by atoms with Crippen LogP contribution in [0.1, 0.15) is 20.8 Å². The van der Waals surface area contributed by atoms with E-state index in [-0.39, 0.29) is 18.0 Å². The molecular weight excluding hydrogens is 261 g/mol. The molecule has 0 amide bonds. The number of nitrogens with one attached hydrogen (secondary N) is 1. The van der Waals surface area contributed by atoms with Gasteiger partial charge in [-0.05, 0) is 32.9 Å². The van der Waals surface area contributed by atoms with Gasteiger partial charge in [0.15, 0.2) is 11.6 Å². The van der Waals surface area contributed by atoms with E-state index in [2.05, 4.69) is 5.32 Å². The molecule has 114 valence electrons. The van der Waals surface area contributed by atoms with Crippen molar-refractivity contribution >= 4 is 0 Å². The number of aliphatic hydroxyl groups is 1. The maximum atomic E-state index is 13.3. The average molecular weight is 285 g/mol. The predicted molar refractivity (Wildman–Crippen MR) is 76.5 cm³/mol. The molecule has 0 heterocycles. The maximum Gasteiger partial charge on any atom is 0.165 e. The Balaban J connectivity index is 2.24. The number of para-hydroxylation sites is 1. The Morgan fingerprint density at radius 1 is 1.35 bits per heavy atom. The van der Waals surface area contributed by atoms with Crippen LogP contribution in [0.3, 0.4) is 0 Å². The smallest absolute Gasteiger partial charge is 0.165 e. The molecule has 0 fully saturated rings. The van der Waals surface area contributed by atoms with E-state index in [1.54, 1.807) is 12.1 Å². The van der Waals surface area contributed by atoms with Crippen LogP contribution < -0.4 is 10.1 Å². The minimum Gasteiger partial charge on any atom is -0.488 e. The number of halogens is 1. The molecule has 1 unspecified atom stereocenters. The van der Waals surface area contributed by atoms with E-state index in [9.17, 15) is 9.50 Å². The highest BCUT2D eigenvalue weighted by Crippen LogP contribution is 2.15. The summed E-state index contributed by atoms with van der Waals surface area (Å²) in [7, 11) is 0. The molecule has 0 radical (unpaired) electrons. The predicted octanol–water partition coefficient (Wildman–Crippen LogP) is 1.97. The summed E-state index contributed by atoms with van der Waals surface area (Å²) >= 11 is 0. The SMILES string of the molecule is CCOC(C)(C)CNCC(O)COc1ccccc1F. The standard InChI is InChI=1S/C15H24FNO3/c1-4-20-15(2,3)11-17-9-12(18)10-19-14-8-6-5-7-13(14)16/h5-8,12,17-18H,4,9-11H2,1-3H3.